The number of hydrogen-bond donors (Lipinski definition) is 0. The molecule has 106 valence electrons. The molecule has 0 aliphatic carbocycles. The van der Waals surface area contributed by atoms with E-state index in [1.165, 1.54) is 0 Å². The Balaban J connectivity index is 1.61. The summed E-state index contributed by atoms with van der Waals surface area (Å²) in [6.45, 7) is 5.63. The standard InChI is InChI=1S/C14H22N2O3/c1-11(17)15-6-4-14(9-15)5-7-16(10-14)13(18)12-3-2-8-19-12/h12H,2-10H2,1H3/t12-,14+/m1/s1. The molecule has 0 radical (unpaired) electrons. The van der Waals surface area contributed by atoms with Crippen LogP contribution in [-0.2, 0) is 14.3 Å². The Kier molecular flexibility index (Phi) is 3.25. The highest BCUT2D eigenvalue weighted by Crippen LogP contribution is 2.40. The molecule has 0 N–H and O–H groups in total. The van der Waals surface area contributed by atoms with E-state index in [-0.39, 0.29) is 23.3 Å². The summed E-state index contributed by atoms with van der Waals surface area (Å²) in [4.78, 5) is 27.6. The van der Waals surface area contributed by atoms with Gasteiger partial charge in [-0.25, -0.2) is 0 Å². The van der Waals surface area contributed by atoms with Crippen molar-refractivity contribution in [1.29, 1.82) is 0 Å². The third-order valence-electron chi connectivity index (χ3n) is 4.84. The normalized spacial score (nSPS) is 34.5. The van der Waals surface area contributed by atoms with Crippen LogP contribution in [0.3, 0.4) is 0 Å². The lowest BCUT2D eigenvalue weighted by Crippen LogP contribution is -2.39. The van der Waals surface area contributed by atoms with Crippen molar-refractivity contribution in [3.8, 4) is 0 Å². The van der Waals surface area contributed by atoms with E-state index in [9.17, 15) is 9.59 Å². The molecular formula is C14H22N2O3. The summed E-state index contributed by atoms with van der Waals surface area (Å²) in [5.74, 6) is 0.316. The van der Waals surface area contributed by atoms with Gasteiger partial charge in [0, 0.05) is 45.1 Å². The summed E-state index contributed by atoms with van der Waals surface area (Å²) in [5, 5.41) is 0. The first-order valence-electron chi connectivity index (χ1n) is 7.26. The quantitative estimate of drug-likeness (QED) is 0.699. The Bertz CT molecular complexity index is 392. The number of carbonyl (C=O) groups is 2. The van der Waals surface area contributed by atoms with Crippen LogP contribution in [0.25, 0.3) is 0 Å². The van der Waals surface area contributed by atoms with Crippen LogP contribution < -0.4 is 0 Å². The zero-order chi connectivity index (χ0) is 13.5. The lowest BCUT2D eigenvalue weighted by Gasteiger charge is -2.25. The first-order chi connectivity index (χ1) is 9.10. The van der Waals surface area contributed by atoms with Crippen molar-refractivity contribution in [2.75, 3.05) is 32.8 Å². The van der Waals surface area contributed by atoms with Crippen molar-refractivity contribution < 1.29 is 14.3 Å². The topological polar surface area (TPSA) is 49.9 Å². The van der Waals surface area contributed by atoms with E-state index >= 15 is 0 Å². The Morgan fingerprint density at radius 1 is 1.16 bits per heavy atom. The summed E-state index contributed by atoms with van der Waals surface area (Å²) in [7, 11) is 0. The molecule has 3 saturated heterocycles. The Morgan fingerprint density at radius 2 is 1.84 bits per heavy atom. The van der Waals surface area contributed by atoms with Gasteiger partial charge < -0.3 is 14.5 Å². The van der Waals surface area contributed by atoms with Crippen molar-refractivity contribution in [3.05, 3.63) is 0 Å². The summed E-state index contributed by atoms with van der Waals surface area (Å²) in [5.41, 5.74) is 0.153. The number of carbonyl (C=O) groups excluding carboxylic acids is 2. The zero-order valence-corrected chi connectivity index (χ0v) is 11.6. The Morgan fingerprint density at radius 3 is 2.42 bits per heavy atom. The Labute approximate surface area is 113 Å². The van der Waals surface area contributed by atoms with E-state index in [2.05, 4.69) is 0 Å². The molecule has 0 saturated carbocycles. The minimum Gasteiger partial charge on any atom is -0.368 e. The fourth-order valence-corrected chi connectivity index (χ4v) is 3.64. The molecule has 3 rings (SSSR count). The highest BCUT2D eigenvalue weighted by atomic mass is 16.5. The lowest BCUT2D eigenvalue weighted by molar-refractivity contribution is -0.140. The summed E-state index contributed by atoms with van der Waals surface area (Å²) < 4.78 is 5.48. The molecule has 2 atom stereocenters. The van der Waals surface area contributed by atoms with Crippen LogP contribution in [0.4, 0.5) is 0 Å². The second kappa shape index (κ2) is 4.78. The van der Waals surface area contributed by atoms with Gasteiger partial charge in [-0.2, -0.15) is 0 Å². The molecule has 0 unspecified atom stereocenters. The monoisotopic (exact) mass is 266 g/mol. The average molecular weight is 266 g/mol. The molecule has 0 aromatic rings. The third-order valence-corrected chi connectivity index (χ3v) is 4.84. The smallest absolute Gasteiger partial charge is 0.251 e. The molecule has 3 aliphatic heterocycles. The van der Waals surface area contributed by atoms with Gasteiger partial charge in [0.1, 0.15) is 6.10 Å². The average Bonchev–Trinajstić information content (AvgIpc) is 3.11. The van der Waals surface area contributed by atoms with Crippen LogP contribution >= 0.6 is 0 Å². The van der Waals surface area contributed by atoms with Gasteiger partial charge >= 0.3 is 0 Å². The van der Waals surface area contributed by atoms with Gasteiger partial charge in [-0.05, 0) is 25.7 Å². The summed E-state index contributed by atoms with van der Waals surface area (Å²) >= 11 is 0. The fraction of sp³-hybridized carbons (Fsp3) is 0.857. The highest BCUT2D eigenvalue weighted by molar-refractivity contribution is 5.81. The van der Waals surface area contributed by atoms with Crippen LogP contribution in [0, 0.1) is 5.41 Å². The summed E-state index contributed by atoms with van der Waals surface area (Å²) in [6.07, 6.45) is 3.70. The van der Waals surface area contributed by atoms with E-state index in [4.69, 9.17) is 4.74 Å². The predicted molar refractivity (Wildman–Crippen MR) is 69.5 cm³/mol. The number of hydrogen-bond acceptors (Lipinski definition) is 3. The molecule has 5 nitrogen and oxygen atoms in total. The van der Waals surface area contributed by atoms with Crippen molar-refractivity contribution in [1.82, 2.24) is 9.80 Å². The molecule has 3 aliphatic rings. The first kappa shape index (κ1) is 12.9. The molecule has 3 fully saturated rings. The molecular weight excluding hydrogens is 244 g/mol. The molecule has 0 aromatic carbocycles. The summed E-state index contributed by atoms with van der Waals surface area (Å²) in [6, 6.07) is 0. The molecule has 2 amide bonds. The van der Waals surface area contributed by atoms with Crippen LogP contribution in [-0.4, -0.2) is 60.5 Å². The molecule has 0 bridgehead atoms. The predicted octanol–water partition coefficient (Wildman–Crippen LogP) is 0.636. The molecule has 5 heteroatoms. The maximum atomic E-state index is 12.3. The maximum absolute atomic E-state index is 12.3. The van der Waals surface area contributed by atoms with Gasteiger partial charge in [0.25, 0.3) is 5.91 Å². The minimum absolute atomic E-state index is 0.153. The van der Waals surface area contributed by atoms with Crippen molar-refractivity contribution in [2.24, 2.45) is 5.41 Å². The van der Waals surface area contributed by atoms with Crippen LogP contribution in [0.15, 0.2) is 0 Å². The van der Waals surface area contributed by atoms with Crippen LogP contribution in [0.1, 0.15) is 32.6 Å². The van der Waals surface area contributed by atoms with E-state index in [0.29, 0.717) is 6.61 Å². The molecule has 1 spiro atoms. The fourth-order valence-electron chi connectivity index (χ4n) is 3.64. The highest BCUT2D eigenvalue weighted by Gasteiger charge is 2.46. The van der Waals surface area contributed by atoms with Gasteiger partial charge in [-0.15, -0.1) is 0 Å². The molecule has 3 heterocycles. The maximum Gasteiger partial charge on any atom is 0.251 e. The molecule has 19 heavy (non-hydrogen) atoms. The second-order valence-corrected chi connectivity index (χ2v) is 6.20. The number of nitrogens with zero attached hydrogens (tertiary/aromatic N) is 2. The SMILES string of the molecule is CC(=O)N1CC[C@]2(CCN(C(=O)[C@H]3CCCO3)C2)C1. The van der Waals surface area contributed by atoms with E-state index in [1.54, 1.807) is 6.92 Å². The lowest BCUT2D eigenvalue weighted by atomic mass is 9.86. The van der Waals surface area contributed by atoms with Gasteiger partial charge in [0.2, 0.25) is 5.91 Å². The third kappa shape index (κ3) is 2.36. The van der Waals surface area contributed by atoms with E-state index < -0.39 is 0 Å². The van der Waals surface area contributed by atoms with Crippen molar-refractivity contribution in [3.63, 3.8) is 0 Å². The van der Waals surface area contributed by atoms with Gasteiger partial charge in [0.05, 0.1) is 0 Å². The largest absolute Gasteiger partial charge is 0.368 e. The van der Waals surface area contributed by atoms with Crippen LogP contribution in [0.2, 0.25) is 0 Å². The van der Waals surface area contributed by atoms with E-state index in [1.807, 2.05) is 9.80 Å². The number of amides is 2. The molecule has 0 aromatic heterocycles. The number of likely N-dealkylation sites (tertiary alicyclic amines) is 2. The zero-order valence-electron chi connectivity index (χ0n) is 11.6. The van der Waals surface area contributed by atoms with Crippen LogP contribution in [0.5, 0.6) is 0 Å². The second-order valence-electron chi connectivity index (χ2n) is 6.20. The van der Waals surface area contributed by atoms with Gasteiger partial charge in [-0.3, -0.25) is 9.59 Å². The van der Waals surface area contributed by atoms with Crippen molar-refractivity contribution >= 4 is 11.8 Å². The number of rotatable bonds is 1. The van der Waals surface area contributed by atoms with Gasteiger partial charge in [0.15, 0.2) is 0 Å². The number of ether oxygens (including phenoxy) is 1. The van der Waals surface area contributed by atoms with Crippen molar-refractivity contribution in [2.45, 2.75) is 38.7 Å². The van der Waals surface area contributed by atoms with Gasteiger partial charge in [-0.1, -0.05) is 0 Å². The first-order valence-corrected chi connectivity index (χ1v) is 7.26. The minimum atomic E-state index is -0.208. The van der Waals surface area contributed by atoms with E-state index in [0.717, 1.165) is 51.9 Å². The Hall–Kier alpha value is -1.10.